The predicted octanol–water partition coefficient (Wildman–Crippen LogP) is 4.36. The molecule has 0 saturated carbocycles. The van der Waals surface area contributed by atoms with Crippen LogP contribution in [0, 0.1) is 19.7 Å². The molecule has 2 aromatic carbocycles. The SMILES string of the molecule is Cc1cccc(NC(=O)CSCc2nc(-c3ccc(F)cc3)no2)c1C. The normalized spacial score (nSPS) is 10.7. The van der Waals surface area contributed by atoms with E-state index in [1.807, 2.05) is 32.0 Å². The van der Waals surface area contributed by atoms with Crippen molar-refractivity contribution < 1.29 is 13.7 Å². The summed E-state index contributed by atoms with van der Waals surface area (Å²) in [5.74, 6) is 1.13. The van der Waals surface area contributed by atoms with Gasteiger partial charge in [-0.05, 0) is 55.3 Å². The molecule has 1 heterocycles. The Kier molecular flexibility index (Phi) is 5.68. The van der Waals surface area contributed by atoms with Gasteiger partial charge in [-0.15, -0.1) is 11.8 Å². The number of benzene rings is 2. The predicted molar refractivity (Wildman–Crippen MR) is 100 cm³/mol. The maximum atomic E-state index is 12.9. The number of carbonyl (C=O) groups is 1. The molecule has 0 aliphatic heterocycles. The number of thioether (sulfide) groups is 1. The number of amides is 1. The fourth-order valence-corrected chi connectivity index (χ4v) is 2.99. The van der Waals surface area contributed by atoms with E-state index in [-0.39, 0.29) is 17.5 Å². The fourth-order valence-electron chi connectivity index (χ4n) is 2.33. The molecule has 5 nitrogen and oxygen atoms in total. The quantitative estimate of drug-likeness (QED) is 0.697. The average Bonchev–Trinajstić information content (AvgIpc) is 3.08. The van der Waals surface area contributed by atoms with Crippen LogP contribution in [-0.2, 0) is 10.5 Å². The van der Waals surface area contributed by atoms with Gasteiger partial charge in [0.05, 0.1) is 11.5 Å². The van der Waals surface area contributed by atoms with E-state index >= 15 is 0 Å². The minimum atomic E-state index is -0.317. The monoisotopic (exact) mass is 371 g/mol. The minimum absolute atomic E-state index is 0.0815. The molecule has 0 unspecified atom stereocenters. The summed E-state index contributed by atoms with van der Waals surface area (Å²) in [7, 11) is 0. The molecule has 1 amide bonds. The van der Waals surface area contributed by atoms with E-state index in [1.54, 1.807) is 12.1 Å². The van der Waals surface area contributed by atoms with Gasteiger partial charge in [0.15, 0.2) is 0 Å². The van der Waals surface area contributed by atoms with Gasteiger partial charge in [0.1, 0.15) is 5.82 Å². The molecular formula is C19H18FN3O2S. The van der Waals surface area contributed by atoms with Crippen LogP contribution in [0.5, 0.6) is 0 Å². The Morgan fingerprint density at radius 3 is 2.73 bits per heavy atom. The first-order chi connectivity index (χ1) is 12.5. The zero-order valence-electron chi connectivity index (χ0n) is 14.5. The third-order valence-corrected chi connectivity index (χ3v) is 4.83. The summed E-state index contributed by atoms with van der Waals surface area (Å²) in [6.45, 7) is 3.99. The largest absolute Gasteiger partial charge is 0.338 e. The van der Waals surface area contributed by atoms with Crippen molar-refractivity contribution in [2.24, 2.45) is 0 Å². The van der Waals surface area contributed by atoms with Crippen LogP contribution in [0.4, 0.5) is 10.1 Å². The maximum absolute atomic E-state index is 12.9. The molecule has 3 rings (SSSR count). The third-order valence-electron chi connectivity index (χ3n) is 3.91. The molecule has 0 bridgehead atoms. The van der Waals surface area contributed by atoms with Crippen molar-refractivity contribution in [1.29, 1.82) is 0 Å². The first-order valence-corrected chi connectivity index (χ1v) is 9.21. The average molecular weight is 371 g/mol. The molecule has 7 heteroatoms. The molecule has 1 aromatic heterocycles. The number of hydrogen-bond donors (Lipinski definition) is 1. The molecule has 0 spiro atoms. The summed E-state index contributed by atoms with van der Waals surface area (Å²) >= 11 is 1.39. The van der Waals surface area contributed by atoms with Gasteiger partial charge in [-0.3, -0.25) is 4.79 Å². The lowest BCUT2D eigenvalue weighted by Gasteiger charge is -2.09. The first-order valence-electron chi connectivity index (χ1n) is 8.05. The van der Waals surface area contributed by atoms with Crippen molar-refractivity contribution in [3.05, 3.63) is 65.3 Å². The number of nitrogens with one attached hydrogen (secondary N) is 1. The van der Waals surface area contributed by atoms with Crippen LogP contribution in [0.3, 0.4) is 0 Å². The molecule has 0 aliphatic carbocycles. The number of rotatable bonds is 6. The van der Waals surface area contributed by atoms with E-state index in [4.69, 9.17) is 4.52 Å². The van der Waals surface area contributed by atoms with Crippen molar-refractivity contribution in [2.75, 3.05) is 11.1 Å². The van der Waals surface area contributed by atoms with Gasteiger partial charge in [-0.1, -0.05) is 17.3 Å². The Hall–Kier alpha value is -2.67. The van der Waals surface area contributed by atoms with Gasteiger partial charge >= 0.3 is 0 Å². The summed E-state index contributed by atoms with van der Waals surface area (Å²) in [4.78, 5) is 16.4. The molecule has 0 saturated heterocycles. The summed E-state index contributed by atoms with van der Waals surface area (Å²) in [6.07, 6.45) is 0. The molecular weight excluding hydrogens is 353 g/mol. The van der Waals surface area contributed by atoms with Crippen molar-refractivity contribution in [2.45, 2.75) is 19.6 Å². The number of anilines is 1. The Balaban J connectivity index is 1.51. The van der Waals surface area contributed by atoms with Gasteiger partial charge in [0.25, 0.3) is 0 Å². The van der Waals surface area contributed by atoms with Crippen molar-refractivity contribution in [1.82, 2.24) is 10.1 Å². The second-order valence-corrected chi connectivity index (χ2v) is 6.79. The van der Waals surface area contributed by atoms with Gasteiger partial charge in [0.2, 0.25) is 17.6 Å². The summed E-state index contributed by atoms with van der Waals surface area (Å²) in [5.41, 5.74) is 3.70. The zero-order valence-corrected chi connectivity index (χ0v) is 15.3. The van der Waals surface area contributed by atoms with Gasteiger partial charge in [0, 0.05) is 11.3 Å². The molecule has 0 fully saturated rings. The highest BCUT2D eigenvalue weighted by Crippen LogP contribution is 2.20. The van der Waals surface area contributed by atoms with E-state index in [2.05, 4.69) is 15.5 Å². The minimum Gasteiger partial charge on any atom is -0.338 e. The van der Waals surface area contributed by atoms with Crippen LogP contribution in [0.25, 0.3) is 11.4 Å². The smallest absolute Gasteiger partial charge is 0.236 e. The van der Waals surface area contributed by atoms with E-state index in [9.17, 15) is 9.18 Å². The highest BCUT2D eigenvalue weighted by Gasteiger charge is 2.11. The summed E-state index contributed by atoms with van der Waals surface area (Å²) in [5, 5.41) is 6.79. The van der Waals surface area contributed by atoms with Gasteiger partial charge < -0.3 is 9.84 Å². The second-order valence-electron chi connectivity index (χ2n) is 5.81. The maximum Gasteiger partial charge on any atom is 0.236 e. The Labute approximate surface area is 155 Å². The lowest BCUT2D eigenvalue weighted by Crippen LogP contribution is -2.15. The molecule has 3 aromatic rings. The van der Waals surface area contributed by atoms with Crippen LogP contribution < -0.4 is 5.32 Å². The Morgan fingerprint density at radius 2 is 1.96 bits per heavy atom. The number of halogens is 1. The lowest BCUT2D eigenvalue weighted by atomic mass is 10.1. The Morgan fingerprint density at radius 1 is 1.19 bits per heavy atom. The number of carbonyl (C=O) groups excluding carboxylic acids is 1. The topological polar surface area (TPSA) is 68.0 Å². The number of aryl methyl sites for hydroxylation is 1. The van der Waals surface area contributed by atoms with E-state index < -0.39 is 0 Å². The van der Waals surface area contributed by atoms with Crippen molar-refractivity contribution in [3.63, 3.8) is 0 Å². The third kappa shape index (κ3) is 4.49. The highest BCUT2D eigenvalue weighted by atomic mass is 32.2. The molecule has 1 N–H and O–H groups in total. The molecule has 26 heavy (non-hydrogen) atoms. The highest BCUT2D eigenvalue weighted by molar-refractivity contribution is 7.99. The number of nitrogens with zero attached hydrogens (tertiary/aromatic N) is 2. The molecule has 0 radical (unpaired) electrons. The molecule has 0 atom stereocenters. The van der Waals surface area contributed by atoms with E-state index in [0.717, 1.165) is 16.8 Å². The summed E-state index contributed by atoms with van der Waals surface area (Å²) in [6, 6.07) is 11.7. The van der Waals surface area contributed by atoms with E-state index in [1.165, 1.54) is 23.9 Å². The Bertz CT molecular complexity index is 909. The van der Waals surface area contributed by atoms with Gasteiger partial charge in [-0.2, -0.15) is 4.98 Å². The van der Waals surface area contributed by atoms with Crippen LogP contribution in [0.1, 0.15) is 17.0 Å². The lowest BCUT2D eigenvalue weighted by molar-refractivity contribution is -0.113. The molecule has 134 valence electrons. The van der Waals surface area contributed by atoms with Crippen LogP contribution in [0.2, 0.25) is 0 Å². The molecule has 0 aliphatic rings. The summed E-state index contributed by atoms with van der Waals surface area (Å²) < 4.78 is 18.1. The zero-order chi connectivity index (χ0) is 18.5. The fraction of sp³-hybridized carbons (Fsp3) is 0.211. The van der Waals surface area contributed by atoms with Crippen molar-refractivity contribution in [3.8, 4) is 11.4 Å². The van der Waals surface area contributed by atoms with Crippen LogP contribution >= 0.6 is 11.8 Å². The van der Waals surface area contributed by atoms with Crippen LogP contribution in [0.15, 0.2) is 47.0 Å². The number of aromatic nitrogens is 2. The van der Waals surface area contributed by atoms with Gasteiger partial charge in [-0.25, -0.2) is 4.39 Å². The standard InChI is InChI=1S/C19H18FN3O2S/c1-12-4-3-5-16(13(12)2)21-17(24)10-26-11-18-22-19(23-25-18)14-6-8-15(20)9-7-14/h3-9H,10-11H2,1-2H3,(H,21,24). The van der Waals surface area contributed by atoms with E-state index in [0.29, 0.717) is 23.0 Å². The van der Waals surface area contributed by atoms with Crippen LogP contribution in [-0.4, -0.2) is 21.8 Å². The van der Waals surface area contributed by atoms with Crippen molar-refractivity contribution >= 4 is 23.4 Å². The second kappa shape index (κ2) is 8.14. The first kappa shape index (κ1) is 18.1. The number of hydrogen-bond acceptors (Lipinski definition) is 5.